The van der Waals surface area contributed by atoms with Crippen molar-refractivity contribution in [1.29, 1.82) is 0 Å². The molecule has 0 aromatic heterocycles. The van der Waals surface area contributed by atoms with Crippen molar-refractivity contribution < 1.29 is 22.0 Å². The van der Waals surface area contributed by atoms with Gasteiger partial charge < -0.3 is 4.90 Å². The molecule has 0 atom stereocenters. The molecule has 27 heavy (non-hydrogen) atoms. The summed E-state index contributed by atoms with van der Waals surface area (Å²) in [5, 5.41) is 0. The summed E-state index contributed by atoms with van der Waals surface area (Å²) in [6.07, 6.45) is 2.27. The third kappa shape index (κ3) is 4.83. The zero-order valence-corrected chi connectivity index (χ0v) is 16.2. The highest BCUT2D eigenvalue weighted by Gasteiger charge is 2.32. The fraction of sp³-hybridized carbons (Fsp3) is 0.611. The zero-order valence-electron chi connectivity index (χ0n) is 15.4. The first-order valence-electron chi connectivity index (χ1n) is 9.15. The molecule has 0 N–H and O–H groups in total. The van der Waals surface area contributed by atoms with E-state index >= 15 is 0 Å². The summed E-state index contributed by atoms with van der Waals surface area (Å²) < 4.78 is 51.7. The molecule has 1 aromatic carbocycles. The van der Waals surface area contributed by atoms with Crippen LogP contribution in [0.3, 0.4) is 0 Å². The van der Waals surface area contributed by atoms with Crippen LogP contribution in [0.25, 0.3) is 0 Å². The lowest BCUT2D eigenvalue weighted by molar-refractivity contribution is -0.138. The molecule has 2 heterocycles. The van der Waals surface area contributed by atoms with E-state index < -0.39 is 21.7 Å². The van der Waals surface area contributed by atoms with Gasteiger partial charge in [-0.3, -0.25) is 9.69 Å². The number of carbonyl (C=O) groups excluding carboxylic acids is 1. The average Bonchev–Trinajstić information content (AvgIpc) is 2.65. The van der Waals surface area contributed by atoms with E-state index in [1.807, 2.05) is 4.90 Å². The number of piperazine rings is 1. The van der Waals surface area contributed by atoms with E-state index in [-0.39, 0.29) is 11.8 Å². The van der Waals surface area contributed by atoms with E-state index in [4.69, 9.17) is 0 Å². The Morgan fingerprint density at radius 2 is 1.70 bits per heavy atom. The van der Waals surface area contributed by atoms with Crippen LogP contribution in [-0.4, -0.2) is 74.0 Å². The number of sulfonamides is 1. The highest BCUT2D eigenvalue weighted by Crippen LogP contribution is 2.22. The third-order valence-corrected chi connectivity index (χ3v) is 6.68. The Bertz CT molecular complexity index is 787. The molecule has 0 aliphatic carbocycles. The minimum Gasteiger partial charge on any atom is -0.340 e. The highest BCUT2D eigenvalue weighted by molar-refractivity contribution is 7.88. The van der Waals surface area contributed by atoms with E-state index in [1.165, 1.54) is 16.6 Å². The van der Waals surface area contributed by atoms with Gasteiger partial charge in [-0.1, -0.05) is 12.1 Å². The number of hydrogen-bond acceptors (Lipinski definition) is 4. The van der Waals surface area contributed by atoms with Crippen LogP contribution in [0.5, 0.6) is 0 Å². The Hall–Kier alpha value is -1.58. The molecule has 0 bridgehead atoms. The van der Waals surface area contributed by atoms with E-state index in [2.05, 4.69) is 0 Å². The van der Waals surface area contributed by atoms with Gasteiger partial charge in [-0.15, -0.1) is 0 Å². The molecule has 0 saturated carbocycles. The highest BCUT2D eigenvalue weighted by atomic mass is 32.2. The van der Waals surface area contributed by atoms with Crippen molar-refractivity contribution in [3.8, 4) is 0 Å². The van der Waals surface area contributed by atoms with Crippen molar-refractivity contribution in [2.45, 2.75) is 19.4 Å². The van der Waals surface area contributed by atoms with Crippen molar-refractivity contribution in [1.82, 2.24) is 14.1 Å². The van der Waals surface area contributed by atoms with Crippen molar-refractivity contribution in [3.63, 3.8) is 0 Å². The van der Waals surface area contributed by atoms with Crippen LogP contribution < -0.4 is 0 Å². The SMILES string of the molecule is CS(=O)(=O)N1CCC(C(=O)N2CCN(Cc3cccc(F)c3F)CC2)CC1. The Balaban J connectivity index is 1.49. The Labute approximate surface area is 158 Å². The first-order chi connectivity index (χ1) is 12.8. The summed E-state index contributed by atoms with van der Waals surface area (Å²) >= 11 is 0. The van der Waals surface area contributed by atoms with Gasteiger partial charge in [0.15, 0.2) is 11.6 Å². The average molecular weight is 401 g/mol. The molecular formula is C18H25F2N3O3S. The molecule has 2 fully saturated rings. The number of halogens is 2. The fourth-order valence-electron chi connectivity index (χ4n) is 3.73. The molecule has 2 aliphatic heterocycles. The second kappa shape index (κ2) is 8.20. The molecule has 3 rings (SSSR count). The normalized spacial score (nSPS) is 20.8. The second-order valence-corrected chi connectivity index (χ2v) is 9.23. The van der Waals surface area contributed by atoms with Crippen molar-refractivity contribution in [2.75, 3.05) is 45.5 Å². The number of piperidine rings is 1. The molecular weight excluding hydrogens is 376 g/mol. The molecule has 0 spiro atoms. The van der Waals surface area contributed by atoms with Gasteiger partial charge in [-0.2, -0.15) is 0 Å². The van der Waals surface area contributed by atoms with Crippen molar-refractivity contribution >= 4 is 15.9 Å². The number of rotatable bonds is 4. The first-order valence-corrected chi connectivity index (χ1v) is 11.0. The van der Waals surface area contributed by atoms with Gasteiger partial charge in [-0.25, -0.2) is 21.5 Å². The number of carbonyl (C=O) groups is 1. The van der Waals surface area contributed by atoms with Crippen LogP contribution in [0.1, 0.15) is 18.4 Å². The summed E-state index contributed by atoms with van der Waals surface area (Å²) in [6.45, 7) is 3.37. The zero-order chi connectivity index (χ0) is 19.6. The van der Waals surface area contributed by atoms with Gasteiger partial charge in [0, 0.05) is 57.3 Å². The molecule has 150 valence electrons. The third-order valence-electron chi connectivity index (χ3n) is 5.38. The molecule has 6 nitrogen and oxygen atoms in total. The maximum atomic E-state index is 13.8. The number of benzene rings is 1. The summed E-state index contributed by atoms with van der Waals surface area (Å²) in [5.41, 5.74) is 0.322. The van der Waals surface area contributed by atoms with Gasteiger partial charge in [0.1, 0.15) is 0 Å². The quantitative estimate of drug-likeness (QED) is 0.763. The molecule has 1 aromatic rings. The van der Waals surface area contributed by atoms with E-state index in [9.17, 15) is 22.0 Å². The molecule has 1 amide bonds. The van der Waals surface area contributed by atoms with E-state index in [1.54, 1.807) is 11.0 Å². The fourth-order valence-corrected chi connectivity index (χ4v) is 4.60. The predicted octanol–water partition coefficient (Wildman–Crippen LogP) is 1.28. The molecule has 2 saturated heterocycles. The maximum Gasteiger partial charge on any atom is 0.225 e. The van der Waals surface area contributed by atoms with Crippen molar-refractivity contribution in [3.05, 3.63) is 35.4 Å². The molecule has 2 aliphatic rings. The maximum absolute atomic E-state index is 13.8. The molecule has 0 unspecified atom stereocenters. The smallest absolute Gasteiger partial charge is 0.225 e. The van der Waals surface area contributed by atoms with Gasteiger partial charge >= 0.3 is 0 Å². The first kappa shape index (κ1) is 20.2. The summed E-state index contributed by atoms with van der Waals surface area (Å²) in [6, 6.07) is 4.17. The van der Waals surface area contributed by atoms with Gasteiger partial charge in [0.05, 0.1) is 6.26 Å². The topological polar surface area (TPSA) is 60.9 Å². The summed E-state index contributed by atoms with van der Waals surface area (Å²) in [5.74, 6) is -1.73. The van der Waals surface area contributed by atoms with E-state index in [0.717, 1.165) is 6.07 Å². The van der Waals surface area contributed by atoms with Gasteiger partial charge in [0.2, 0.25) is 15.9 Å². The number of nitrogens with zero attached hydrogens (tertiary/aromatic N) is 3. The standard InChI is InChI=1S/C18H25F2N3O3S/c1-27(25,26)23-7-5-14(6-8-23)18(24)22-11-9-21(10-12-22)13-15-3-2-4-16(19)17(15)20/h2-4,14H,5-13H2,1H3. The van der Waals surface area contributed by atoms with E-state index in [0.29, 0.717) is 64.2 Å². The molecule has 0 radical (unpaired) electrons. The van der Waals surface area contributed by atoms with Crippen LogP contribution >= 0.6 is 0 Å². The van der Waals surface area contributed by atoms with Gasteiger partial charge in [0.25, 0.3) is 0 Å². The number of amides is 1. The van der Waals surface area contributed by atoms with Crippen LogP contribution in [0.2, 0.25) is 0 Å². The van der Waals surface area contributed by atoms with Crippen molar-refractivity contribution in [2.24, 2.45) is 5.92 Å². The number of hydrogen-bond donors (Lipinski definition) is 0. The Kier molecular flexibility index (Phi) is 6.12. The lowest BCUT2D eigenvalue weighted by atomic mass is 9.96. The largest absolute Gasteiger partial charge is 0.340 e. The lowest BCUT2D eigenvalue weighted by Crippen LogP contribution is -2.51. The Morgan fingerprint density at radius 3 is 2.30 bits per heavy atom. The van der Waals surface area contributed by atoms with Crippen LogP contribution in [0.4, 0.5) is 8.78 Å². The monoisotopic (exact) mass is 401 g/mol. The van der Waals surface area contributed by atoms with Crippen LogP contribution in [0.15, 0.2) is 18.2 Å². The van der Waals surface area contributed by atoms with Crippen LogP contribution in [0, 0.1) is 17.6 Å². The van der Waals surface area contributed by atoms with Gasteiger partial charge in [-0.05, 0) is 18.9 Å². The second-order valence-electron chi connectivity index (χ2n) is 7.25. The van der Waals surface area contributed by atoms with Crippen LogP contribution in [-0.2, 0) is 21.4 Å². The summed E-state index contributed by atoms with van der Waals surface area (Å²) in [4.78, 5) is 16.5. The minimum atomic E-state index is -3.20. The lowest BCUT2D eigenvalue weighted by Gasteiger charge is -2.38. The summed E-state index contributed by atoms with van der Waals surface area (Å²) in [7, 11) is -3.20. The predicted molar refractivity (Wildman–Crippen MR) is 97.4 cm³/mol. The molecule has 9 heteroatoms. The minimum absolute atomic E-state index is 0.0692. The Morgan fingerprint density at radius 1 is 1.07 bits per heavy atom.